The minimum atomic E-state index is -0.592. The highest BCUT2D eigenvalue weighted by atomic mass is 16.6. The lowest BCUT2D eigenvalue weighted by atomic mass is 10.1. The van der Waals surface area contributed by atoms with Gasteiger partial charge in [-0.15, -0.1) is 0 Å². The van der Waals surface area contributed by atoms with Gasteiger partial charge in [0.25, 0.3) is 5.56 Å². The highest BCUT2D eigenvalue weighted by Gasteiger charge is 2.16. The van der Waals surface area contributed by atoms with E-state index in [2.05, 4.69) is 10.3 Å². The second-order valence-corrected chi connectivity index (χ2v) is 6.91. The molecule has 1 aliphatic rings. The summed E-state index contributed by atoms with van der Waals surface area (Å²) in [5, 5.41) is 3.81. The third-order valence-corrected chi connectivity index (χ3v) is 4.89. The van der Waals surface area contributed by atoms with E-state index in [9.17, 15) is 9.59 Å². The molecule has 3 aromatic rings. The summed E-state index contributed by atoms with van der Waals surface area (Å²) in [6.45, 7) is 3.15. The zero-order valence-electron chi connectivity index (χ0n) is 16.1. The second-order valence-electron chi connectivity index (χ2n) is 6.91. The first-order chi connectivity index (χ1) is 14.0. The number of aromatic nitrogens is 2. The maximum Gasteiger partial charge on any atom is 0.261 e. The summed E-state index contributed by atoms with van der Waals surface area (Å²) in [7, 11) is 0. The third-order valence-electron chi connectivity index (χ3n) is 4.89. The SMILES string of the molecule is C[C@@H](NCc1nc2ccccc2c(=O)n1CC(N)=O)c1ccc2c(c1)OCCO2. The van der Waals surface area contributed by atoms with E-state index >= 15 is 0 Å². The van der Waals surface area contributed by atoms with Crippen molar-refractivity contribution in [2.45, 2.75) is 26.1 Å². The predicted molar refractivity (Wildman–Crippen MR) is 108 cm³/mol. The number of amides is 1. The Kier molecular flexibility index (Phi) is 5.18. The summed E-state index contributed by atoms with van der Waals surface area (Å²) in [5.41, 5.74) is 6.66. The predicted octanol–water partition coefficient (Wildman–Crippen LogP) is 1.50. The number of primary amides is 1. The van der Waals surface area contributed by atoms with Crippen molar-refractivity contribution < 1.29 is 14.3 Å². The molecular formula is C21H22N4O4. The average Bonchev–Trinajstić information content (AvgIpc) is 2.73. The number of carbonyl (C=O) groups is 1. The molecule has 0 saturated heterocycles. The van der Waals surface area contributed by atoms with Crippen LogP contribution < -0.4 is 26.1 Å². The van der Waals surface area contributed by atoms with Crippen molar-refractivity contribution in [1.29, 1.82) is 0 Å². The number of hydrogen-bond acceptors (Lipinski definition) is 6. The number of benzene rings is 2. The van der Waals surface area contributed by atoms with Gasteiger partial charge in [-0.1, -0.05) is 18.2 Å². The molecular weight excluding hydrogens is 372 g/mol. The van der Waals surface area contributed by atoms with Gasteiger partial charge in [0.15, 0.2) is 11.5 Å². The molecule has 2 aromatic carbocycles. The van der Waals surface area contributed by atoms with Crippen molar-refractivity contribution in [1.82, 2.24) is 14.9 Å². The van der Waals surface area contributed by atoms with E-state index in [1.807, 2.05) is 31.2 Å². The summed E-state index contributed by atoms with van der Waals surface area (Å²) in [6.07, 6.45) is 0. The van der Waals surface area contributed by atoms with Crippen LogP contribution in [-0.2, 0) is 17.9 Å². The van der Waals surface area contributed by atoms with Crippen molar-refractivity contribution in [3.05, 3.63) is 64.2 Å². The van der Waals surface area contributed by atoms with E-state index in [1.165, 1.54) is 4.57 Å². The Morgan fingerprint density at radius 1 is 1.21 bits per heavy atom. The van der Waals surface area contributed by atoms with E-state index < -0.39 is 5.91 Å². The molecule has 0 spiro atoms. The zero-order valence-corrected chi connectivity index (χ0v) is 16.1. The van der Waals surface area contributed by atoms with Gasteiger partial charge in [0.1, 0.15) is 25.6 Å². The molecule has 150 valence electrons. The van der Waals surface area contributed by atoms with Gasteiger partial charge in [-0.2, -0.15) is 0 Å². The fourth-order valence-electron chi connectivity index (χ4n) is 3.36. The first kappa shape index (κ1) is 18.9. The van der Waals surface area contributed by atoms with Gasteiger partial charge in [-0.25, -0.2) is 4.98 Å². The number of nitrogens with zero attached hydrogens (tertiary/aromatic N) is 2. The molecule has 1 aromatic heterocycles. The lowest BCUT2D eigenvalue weighted by molar-refractivity contribution is -0.118. The summed E-state index contributed by atoms with van der Waals surface area (Å²) < 4.78 is 12.5. The highest BCUT2D eigenvalue weighted by Crippen LogP contribution is 2.32. The van der Waals surface area contributed by atoms with Crippen LogP contribution in [0.2, 0.25) is 0 Å². The van der Waals surface area contributed by atoms with Crippen molar-refractivity contribution in [3.63, 3.8) is 0 Å². The Labute approximate surface area is 167 Å². The van der Waals surface area contributed by atoms with Crippen LogP contribution in [0.5, 0.6) is 11.5 Å². The number of nitrogens with one attached hydrogen (secondary N) is 1. The maximum atomic E-state index is 12.8. The molecule has 1 amide bonds. The monoisotopic (exact) mass is 394 g/mol. The summed E-state index contributed by atoms with van der Waals surface area (Å²) in [5.74, 6) is 1.32. The molecule has 8 heteroatoms. The van der Waals surface area contributed by atoms with E-state index in [0.29, 0.717) is 36.5 Å². The van der Waals surface area contributed by atoms with Gasteiger partial charge in [0, 0.05) is 6.04 Å². The van der Waals surface area contributed by atoms with Crippen LogP contribution in [0.25, 0.3) is 10.9 Å². The van der Waals surface area contributed by atoms with Crippen LogP contribution >= 0.6 is 0 Å². The number of fused-ring (bicyclic) bond motifs is 2. The van der Waals surface area contributed by atoms with Crippen LogP contribution in [0.4, 0.5) is 0 Å². The molecule has 29 heavy (non-hydrogen) atoms. The van der Waals surface area contributed by atoms with Crippen molar-refractivity contribution in [2.24, 2.45) is 5.73 Å². The number of para-hydroxylation sites is 1. The highest BCUT2D eigenvalue weighted by molar-refractivity contribution is 5.78. The van der Waals surface area contributed by atoms with E-state index in [4.69, 9.17) is 15.2 Å². The molecule has 3 N–H and O–H groups in total. The number of hydrogen-bond donors (Lipinski definition) is 2. The topological polar surface area (TPSA) is 108 Å². The van der Waals surface area contributed by atoms with Crippen molar-refractivity contribution in [2.75, 3.05) is 13.2 Å². The van der Waals surface area contributed by atoms with E-state index in [0.717, 1.165) is 17.1 Å². The maximum absolute atomic E-state index is 12.8. The second kappa shape index (κ2) is 7.92. The molecule has 1 aliphatic heterocycles. The Morgan fingerprint density at radius 2 is 1.97 bits per heavy atom. The lowest BCUT2D eigenvalue weighted by Gasteiger charge is -2.21. The largest absolute Gasteiger partial charge is 0.486 e. The molecule has 0 aliphatic carbocycles. The number of rotatable bonds is 6. The lowest BCUT2D eigenvalue weighted by Crippen LogP contribution is -2.33. The number of ether oxygens (including phenoxy) is 2. The quantitative estimate of drug-likeness (QED) is 0.656. The Hall–Kier alpha value is -3.39. The molecule has 8 nitrogen and oxygen atoms in total. The number of nitrogens with two attached hydrogens (primary N) is 1. The molecule has 0 saturated carbocycles. The van der Waals surface area contributed by atoms with Gasteiger partial charge in [-0.05, 0) is 36.8 Å². The Bertz CT molecular complexity index is 1130. The van der Waals surface area contributed by atoms with E-state index in [-0.39, 0.29) is 18.1 Å². The fourth-order valence-corrected chi connectivity index (χ4v) is 3.36. The summed E-state index contributed by atoms with van der Waals surface area (Å²) in [4.78, 5) is 28.9. The van der Waals surface area contributed by atoms with Crippen LogP contribution in [0.1, 0.15) is 24.4 Å². The Morgan fingerprint density at radius 3 is 2.76 bits per heavy atom. The molecule has 4 rings (SSSR count). The summed E-state index contributed by atoms with van der Waals surface area (Å²) in [6, 6.07) is 12.8. The van der Waals surface area contributed by atoms with Gasteiger partial charge < -0.3 is 20.5 Å². The van der Waals surface area contributed by atoms with Crippen LogP contribution in [0.3, 0.4) is 0 Å². The molecule has 2 heterocycles. The zero-order chi connectivity index (χ0) is 20.4. The molecule has 1 atom stereocenters. The molecule has 0 radical (unpaired) electrons. The number of carbonyl (C=O) groups excluding carboxylic acids is 1. The summed E-state index contributed by atoms with van der Waals surface area (Å²) >= 11 is 0. The van der Waals surface area contributed by atoms with Gasteiger partial charge in [-0.3, -0.25) is 14.2 Å². The fraction of sp³-hybridized carbons (Fsp3) is 0.286. The smallest absolute Gasteiger partial charge is 0.261 e. The minimum absolute atomic E-state index is 0.0452. The first-order valence-electron chi connectivity index (χ1n) is 9.42. The first-order valence-corrected chi connectivity index (χ1v) is 9.42. The van der Waals surface area contributed by atoms with Crippen molar-refractivity contribution in [3.8, 4) is 11.5 Å². The van der Waals surface area contributed by atoms with Gasteiger partial charge in [0.05, 0.1) is 17.4 Å². The molecule has 0 fully saturated rings. The van der Waals surface area contributed by atoms with Crippen LogP contribution in [-0.4, -0.2) is 28.7 Å². The minimum Gasteiger partial charge on any atom is -0.486 e. The Balaban J connectivity index is 1.60. The standard InChI is InChI=1S/C21H22N4O4/c1-13(14-6-7-17-18(10-14)29-9-8-28-17)23-11-20-24-16-5-3-2-4-15(16)21(27)25(20)12-19(22)26/h2-7,10,13,23H,8-9,11-12H2,1H3,(H2,22,26)/t13-/m1/s1. The third kappa shape index (κ3) is 3.93. The normalized spacial score (nSPS) is 14.0. The van der Waals surface area contributed by atoms with E-state index in [1.54, 1.807) is 18.2 Å². The van der Waals surface area contributed by atoms with Crippen LogP contribution in [0.15, 0.2) is 47.3 Å². The molecule has 0 bridgehead atoms. The van der Waals surface area contributed by atoms with Crippen molar-refractivity contribution >= 4 is 16.8 Å². The van der Waals surface area contributed by atoms with Gasteiger partial charge in [0.2, 0.25) is 5.91 Å². The van der Waals surface area contributed by atoms with Crippen LogP contribution in [0, 0.1) is 0 Å². The molecule has 0 unspecified atom stereocenters. The average molecular weight is 394 g/mol. The van der Waals surface area contributed by atoms with Gasteiger partial charge >= 0.3 is 0 Å².